The number of hydrogen-bond acceptors (Lipinski definition) is 3. The van der Waals surface area contributed by atoms with Crippen molar-refractivity contribution in [2.24, 2.45) is 22.2 Å². The van der Waals surface area contributed by atoms with Crippen molar-refractivity contribution in [2.75, 3.05) is 26.2 Å². The molecule has 0 aromatic carbocycles. The number of guanidine groups is 1. The van der Waals surface area contributed by atoms with Gasteiger partial charge in [0.25, 0.3) is 0 Å². The van der Waals surface area contributed by atoms with Gasteiger partial charge in [0.15, 0.2) is 5.96 Å². The summed E-state index contributed by atoms with van der Waals surface area (Å²) in [7, 11) is 0. The second-order valence-corrected chi connectivity index (χ2v) is 8.78. The van der Waals surface area contributed by atoms with Gasteiger partial charge in [-0.3, -0.25) is 4.99 Å². The molecule has 6 unspecified atom stereocenters. The molecular formula is C20H34IN3O2. The molecular weight excluding hydrogens is 441 g/mol. The molecule has 0 aromatic heterocycles. The lowest BCUT2D eigenvalue weighted by molar-refractivity contribution is -0.168. The monoisotopic (exact) mass is 475 g/mol. The summed E-state index contributed by atoms with van der Waals surface area (Å²) < 4.78 is 12.2. The van der Waals surface area contributed by atoms with E-state index < -0.39 is 0 Å². The van der Waals surface area contributed by atoms with Crippen LogP contribution >= 0.6 is 24.0 Å². The number of fused-ring (bicyclic) bond motifs is 5. The lowest BCUT2D eigenvalue weighted by atomic mass is 9.51. The third-order valence-electron chi connectivity index (χ3n) is 7.80. The Morgan fingerprint density at radius 2 is 1.88 bits per heavy atom. The predicted octanol–water partition coefficient (Wildman–Crippen LogP) is 3.03. The van der Waals surface area contributed by atoms with E-state index in [4.69, 9.17) is 14.5 Å². The largest absolute Gasteiger partial charge is 0.378 e. The van der Waals surface area contributed by atoms with E-state index >= 15 is 0 Å². The summed E-state index contributed by atoms with van der Waals surface area (Å²) in [4.78, 5) is 7.41. The number of rotatable bonds is 4. The Bertz CT molecular complexity index is 535. The quantitative estimate of drug-likeness (QED) is 0.386. The average molecular weight is 475 g/mol. The van der Waals surface area contributed by atoms with Gasteiger partial charge in [-0.2, -0.15) is 0 Å². The van der Waals surface area contributed by atoms with E-state index in [1.165, 1.54) is 32.1 Å². The molecule has 2 bridgehead atoms. The average Bonchev–Trinajstić information content (AvgIpc) is 3.23. The zero-order valence-electron chi connectivity index (χ0n) is 16.2. The second-order valence-electron chi connectivity index (χ2n) is 8.78. The van der Waals surface area contributed by atoms with E-state index in [2.05, 4.69) is 24.1 Å². The maximum atomic E-state index is 6.14. The molecule has 2 aliphatic carbocycles. The van der Waals surface area contributed by atoms with Gasteiger partial charge < -0.3 is 19.7 Å². The Labute approximate surface area is 174 Å². The first-order chi connectivity index (χ1) is 12.2. The van der Waals surface area contributed by atoms with Crippen LogP contribution in [0.4, 0.5) is 0 Å². The molecule has 0 radical (unpaired) electrons. The van der Waals surface area contributed by atoms with Crippen molar-refractivity contribution >= 4 is 29.9 Å². The number of likely N-dealkylation sites (tertiary alicyclic amines) is 1. The SMILES string of the molecule is CCN=C(NC1CC(OCC)C12CCC2)N1CC2C3CCC(O3)C2C1.I. The van der Waals surface area contributed by atoms with Crippen molar-refractivity contribution in [3.63, 3.8) is 0 Å². The Balaban J connectivity index is 0.00000168. The number of hydrogen-bond donors (Lipinski definition) is 1. The summed E-state index contributed by atoms with van der Waals surface area (Å²) in [6.07, 6.45) is 9.19. The van der Waals surface area contributed by atoms with E-state index in [1.807, 2.05) is 0 Å². The Kier molecular flexibility index (Phi) is 5.47. The highest BCUT2D eigenvalue weighted by atomic mass is 127. The van der Waals surface area contributed by atoms with Crippen molar-refractivity contribution in [1.29, 1.82) is 0 Å². The summed E-state index contributed by atoms with van der Waals surface area (Å²) in [5, 5.41) is 3.87. The minimum absolute atomic E-state index is 0. The van der Waals surface area contributed by atoms with Gasteiger partial charge in [-0.1, -0.05) is 6.42 Å². The Morgan fingerprint density at radius 3 is 2.42 bits per heavy atom. The smallest absolute Gasteiger partial charge is 0.194 e. The molecule has 1 spiro atoms. The lowest BCUT2D eigenvalue weighted by Gasteiger charge is -2.61. The van der Waals surface area contributed by atoms with Crippen molar-refractivity contribution in [3.05, 3.63) is 0 Å². The van der Waals surface area contributed by atoms with E-state index in [0.717, 1.165) is 50.5 Å². The number of aliphatic imine (C=N–C) groups is 1. The molecule has 3 aliphatic heterocycles. The van der Waals surface area contributed by atoms with Crippen LogP contribution in [-0.2, 0) is 9.47 Å². The molecule has 148 valence electrons. The molecule has 0 amide bonds. The van der Waals surface area contributed by atoms with E-state index in [9.17, 15) is 0 Å². The fourth-order valence-corrected chi connectivity index (χ4v) is 6.32. The van der Waals surface area contributed by atoms with Crippen LogP contribution in [-0.4, -0.2) is 61.5 Å². The number of nitrogens with one attached hydrogen (secondary N) is 1. The van der Waals surface area contributed by atoms with Crippen molar-refractivity contribution < 1.29 is 9.47 Å². The second kappa shape index (κ2) is 7.39. The molecule has 6 heteroatoms. The van der Waals surface area contributed by atoms with E-state index in [0.29, 0.717) is 29.8 Å². The summed E-state index contributed by atoms with van der Waals surface area (Å²) in [6, 6.07) is 0.552. The van der Waals surface area contributed by atoms with Crippen LogP contribution in [0.25, 0.3) is 0 Å². The van der Waals surface area contributed by atoms with Gasteiger partial charge in [-0.05, 0) is 46.0 Å². The molecule has 6 atom stereocenters. The molecule has 3 saturated heterocycles. The van der Waals surface area contributed by atoms with Gasteiger partial charge >= 0.3 is 0 Å². The van der Waals surface area contributed by atoms with Gasteiger partial charge in [0, 0.05) is 49.5 Å². The predicted molar refractivity (Wildman–Crippen MR) is 113 cm³/mol. The van der Waals surface area contributed by atoms with Crippen LogP contribution in [0.5, 0.6) is 0 Å². The minimum Gasteiger partial charge on any atom is -0.378 e. The normalized spacial score (nSPS) is 42.2. The van der Waals surface area contributed by atoms with Crippen LogP contribution in [0.3, 0.4) is 0 Å². The number of halogens is 1. The lowest BCUT2D eigenvalue weighted by Crippen LogP contribution is -2.68. The fraction of sp³-hybridized carbons (Fsp3) is 0.950. The first-order valence-corrected chi connectivity index (χ1v) is 10.6. The minimum atomic E-state index is 0. The van der Waals surface area contributed by atoms with Crippen LogP contribution < -0.4 is 5.32 Å². The van der Waals surface area contributed by atoms with Crippen LogP contribution in [0.1, 0.15) is 52.4 Å². The first kappa shape index (κ1) is 19.2. The highest BCUT2D eigenvalue weighted by molar-refractivity contribution is 14.0. The van der Waals surface area contributed by atoms with Gasteiger partial charge in [0.2, 0.25) is 0 Å². The van der Waals surface area contributed by atoms with Crippen molar-refractivity contribution in [3.8, 4) is 0 Å². The van der Waals surface area contributed by atoms with Crippen LogP contribution in [0.15, 0.2) is 4.99 Å². The molecule has 2 saturated carbocycles. The maximum Gasteiger partial charge on any atom is 0.194 e. The third-order valence-corrected chi connectivity index (χ3v) is 7.80. The summed E-state index contributed by atoms with van der Waals surface area (Å²) >= 11 is 0. The standard InChI is InChI=1S/C20H33N3O2.HI/c1-3-21-19(22-17-10-18(24-4-2)20(17)8-5-9-20)23-11-13-14(12-23)16-7-6-15(13)25-16;/h13-18H,3-12H2,1-2H3,(H,21,22);1H. The van der Waals surface area contributed by atoms with Gasteiger partial charge in [-0.25, -0.2) is 0 Å². The Morgan fingerprint density at radius 1 is 1.19 bits per heavy atom. The number of ether oxygens (including phenoxy) is 2. The summed E-state index contributed by atoms with van der Waals surface area (Å²) in [6.45, 7) is 8.22. The molecule has 5 aliphatic rings. The van der Waals surface area contributed by atoms with Gasteiger partial charge in [0.05, 0.1) is 18.3 Å². The highest BCUT2D eigenvalue weighted by Crippen LogP contribution is 2.57. The zero-order valence-corrected chi connectivity index (χ0v) is 18.5. The molecule has 5 fully saturated rings. The van der Waals surface area contributed by atoms with Crippen LogP contribution in [0, 0.1) is 17.3 Å². The molecule has 5 rings (SSSR count). The zero-order chi connectivity index (χ0) is 17.0. The van der Waals surface area contributed by atoms with E-state index in [1.54, 1.807) is 0 Å². The third kappa shape index (κ3) is 2.81. The summed E-state index contributed by atoms with van der Waals surface area (Å²) in [5.74, 6) is 2.62. The van der Waals surface area contributed by atoms with Gasteiger partial charge in [-0.15, -0.1) is 24.0 Å². The summed E-state index contributed by atoms with van der Waals surface area (Å²) in [5.41, 5.74) is 0.391. The number of nitrogens with zero attached hydrogens (tertiary/aromatic N) is 2. The van der Waals surface area contributed by atoms with Crippen molar-refractivity contribution in [1.82, 2.24) is 10.2 Å². The fourth-order valence-electron chi connectivity index (χ4n) is 6.32. The molecule has 26 heavy (non-hydrogen) atoms. The van der Waals surface area contributed by atoms with Crippen molar-refractivity contribution in [2.45, 2.75) is 76.7 Å². The molecule has 3 heterocycles. The van der Waals surface area contributed by atoms with E-state index in [-0.39, 0.29) is 24.0 Å². The topological polar surface area (TPSA) is 46.1 Å². The first-order valence-electron chi connectivity index (χ1n) is 10.6. The molecule has 0 aromatic rings. The van der Waals surface area contributed by atoms with Crippen LogP contribution in [0.2, 0.25) is 0 Å². The van der Waals surface area contributed by atoms with Gasteiger partial charge in [0.1, 0.15) is 0 Å². The highest BCUT2D eigenvalue weighted by Gasteiger charge is 2.60. The molecule has 1 N–H and O–H groups in total. The maximum absolute atomic E-state index is 6.14. The Hall–Kier alpha value is -0.0800. The molecule has 5 nitrogen and oxygen atoms in total.